The molecule has 10 heteroatoms. The summed E-state index contributed by atoms with van der Waals surface area (Å²) in [5, 5.41) is 54.9. The number of primary amides is 1. The number of fused-ring (bicyclic) bond motifs is 3. The third-order valence-electron chi connectivity index (χ3n) is 7.02. The van der Waals surface area contributed by atoms with Crippen LogP contribution in [0.25, 0.3) is 5.76 Å². The van der Waals surface area contributed by atoms with Gasteiger partial charge in [0.25, 0.3) is 5.91 Å². The molecule has 1 saturated carbocycles. The van der Waals surface area contributed by atoms with E-state index in [0.29, 0.717) is 0 Å². The lowest BCUT2D eigenvalue weighted by Gasteiger charge is -2.53. The summed E-state index contributed by atoms with van der Waals surface area (Å²) in [6.45, 7) is 1.40. The van der Waals surface area contributed by atoms with Gasteiger partial charge in [-0.2, -0.15) is 0 Å². The Labute approximate surface area is 264 Å². The first-order valence-electron chi connectivity index (χ1n) is 9.97. The molecule has 0 heterocycles. The average Bonchev–Trinajstić information content (AvgIpc) is 2.68. The quantitative estimate of drug-likeness (QED) is 0.198. The zero-order valence-electron chi connectivity index (χ0n) is 17.7. The van der Waals surface area contributed by atoms with Crippen molar-refractivity contribution < 1.29 is 39.9 Å². The Morgan fingerprint density at radius 1 is 0.884 bits per heavy atom. The largest absolute Gasteiger partial charge is 0.508 e. The summed E-state index contributed by atoms with van der Waals surface area (Å²) in [5.41, 5.74) is -0.548. The Hall–Kier alpha value is -3.21. The second-order valence-corrected chi connectivity index (χ2v) is 8.96. The van der Waals surface area contributed by atoms with E-state index < -0.39 is 75.0 Å². The maximum Gasteiger partial charge on any atom is 0.255 e. The second-order valence-electron chi connectivity index (χ2n) is 8.96. The molecule has 258 valence electrons. The third kappa shape index (κ3) is 7.30. The number of aromatic hydroxyl groups is 1. The minimum atomic E-state index is -2.75. The van der Waals surface area contributed by atoms with Crippen molar-refractivity contribution in [3.05, 3.63) is 46.2 Å². The van der Waals surface area contributed by atoms with E-state index >= 15 is 0 Å². The molecule has 0 saturated heterocycles. The van der Waals surface area contributed by atoms with Crippen LogP contribution in [0.15, 0.2) is 35.1 Å². The van der Waals surface area contributed by atoms with E-state index in [-0.39, 0.29) is 99.2 Å². The van der Waals surface area contributed by atoms with Crippen LogP contribution in [-0.2, 0) is 20.0 Å². The van der Waals surface area contributed by atoms with Gasteiger partial charge in [-0.3, -0.25) is 19.3 Å². The summed E-state index contributed by atoms with van der Waals surface area (Å²) in [4.78, 5) is 40.0. The van der Waals surface area contributed by atoms with Crippen molar-refractivity contribution in [3.63, 3.8) is 0 Å². The normalized spacial score (nSPS) is 25.6. The van der Waals surface area contributed by atoms with Crippen molar-refractivity contribution in [1.82, 2.24) is 4.90 Å². The number of aliphatic hydroxyl groups excluding tert-OH is 2. The predicted molar refractivity (Wildman–Crippen MR) is 184 cm³/mol. The summed E-state index contributed by atoms with van der Waals surface area (Å²) < 4.78 is 0. The molecular weight excluding hydrogens is 552 g/mol. The number of Topliss-reactive ketones (excluding diaryl/α,β-unsaturated/α-hetero) is 2. The molecule has 1 aromatic rings. The van der Waals surface area contributed by atoms with Crippen LogP contribution in [0, 0.1) is 11.8 Å². The van der Waals surface area contributed by atoms with Crippen LogP contribution in [-0.4, -0.2) is 73.6 Å². The fraction of sp³-hybridized carbons (Fsp3) is 0.606. The van der Waals surface area contributed by atoms with Crippen LogP contribution in [0.2, 0.25) is 0 Å². The van der Waals surface area contributed by atoms with Gasteiger partial charge in [0.05, 0.1) is 17.2 Å². The van der Waals surface area contributed by atoms with Gasteiger partial charge in [-0.25, -0.2) is 0 Å². The number of nitrogens with zero attached hydrogens (tertiary/aromatic N) is 1. The minimum Gasteiger partial charge on any atom is -0.508 e. The molecule has 5 atom stereocenters. The van der Waals surface area contributed by atoms with Gasteiger partial charge in [0.15, 0.2) is 11.4 Å². The van der Waals surface area contributed by atoms with Crippen molar-refractivity contribution >= 4 is 23.2 Å². The summed E-state index contributed by atoms with van der Waals surface area (Å²) in [7, 11) is 3.01. The highest BCUT2D eigenvalue weighted by atomic mass is 16.3. The maximum atomic E-state index is 13.7. The number of amides is 1. The first kappa shape index (κ1) is 59.2. The fourth-order valence-corrected chi connectivity index (χ4v) is 5.50. The lowest BCUT2D eigenvalue weighted by atomic mass is 9.54. The SMILES string of the molecule is C.C.C.C.C.C.C.C.C.C.C.CN(C)C1C(=O)C(C(N)=O)=C(O)C2(O)C(=O)C3=C(O)c4c(O)cccc4C(C)(O)C3CC12. The molecule has 3 aliphatic carbocycles. The topological polar surface area (TPSA) is 182 Å². The Kier molecular flexibility index (Phi) is 25.4. The average molecular weight is 621 g/mol. The van der Waals surface area contributed by atoms with Crippen LogP contribution in [0.3, 0.4) is 0 Å². The zero-order chi connectivity index (χ0) is 23.9. The van der Waals surface area contributed by atoms with Gasteiger partial charge < -0.3 is 31.3 Å². The van der Waals surface area contributed by atoms with Gasteiger partial charge in [-0.05, 0) is 39.1 Å². The number of phenolic OH excluding ortho intramolecular Hbond substituents is 1. The number of likely N-dealkylation sites (N-methyl/N-ethyl adjacent to an activating group) is 1. The van der Waals surface area contributed by atoms with Crippen LogP contribution < -0.4 is 5.73 Å². The highest BCUT2D eigenvalue weighted by Crippen LogP contribution is 2.57. The van der Waals surface area contributed by atoms with Gasteiger partial charge >= 0.3 is 0 Å². The lowest BCUT2D eigenvalue weighted by molar-refractivity contribution is -0.159. The molecular formula is C33H68N2O8. The first-order chi connectivity index (χ1) is 14.8. The van der Waals surface area contributed by atoms with Crippen molar-refractivity contribution in [2.75, 3.05) is 14.1 Å². The highest BCUT2D eigenvalue weighted by Gasteiger charge is 2.66. The van der Waals surface area contributed by atoms with Crippen LogP contribution in [0.5, 0.6) is 5.75 Å². The number of aliphatic hydroxyl groups is 4. The number of nitrogens with two attached hydrogens (primary N) is 1. The highest BCUT2D eigenvalue weighted by molar-refractivity contribution is 6.24. The first-order valence-corrected chi connectivity index (χ1v) is 9.97. The van der Waals surface area contributed by atoms with Gasteiger partial charge in [-0.15, -0.1) is 0 Å². The lowest BCUT2D eigenvalue weighted by Crippen LogP contribution is -2.67. The van der Waals surface area contributed by atoms with Crippen molar-refractivity contribution in [2.45, 2.75) is 112 Å². The van der Waals surface area contributed by atoms with Crippen LogP contribution in [0.4, 0.5) is 0 Å². The standard InChI is InChI=1S/C22H24N2O8.11CH4/c1-21(31)8-5-4-6-11(25)12(8)16(26)13-9(21)7-10-15(24(2)3)17(27)14(20(23)30)19(29)22(10,32)18(13)28;;;;;;;;;;;/h4-6,9-10,15,25-26,29,31-32H,7H2,1-3H3,(H2,23,30);11*1H4. The zero-order valence-corrected chi connectivity index (χ0v) is 17.7. The molecule has 0 aliphatic heterocycles. The number of benzene rings is 1. The number of phenols is 1. The van der Waals surface area contributed by atoms with E-state index in [1.54, 1.807) is 0 Å². The number of hydrogen-bond donors (Lipinski definition) is 6. The van der Waals surface area contributed by atoms with Crippen molar-refractivity contribution in [3.8, 4) is 5.75 Å². The molecule has 5 unspecified atom stereocenters. The number of carbonyl (C=O) groups excluding carboxylic acids is 3. The number of rotatable bonds is 2. The van der Waals surface area contributed by atoms with E-state index in [4.69, 9.17) is 5.73 Å². The van der Waals surface area contributed by atoms with E-state index in [9.17, 15) is 39.9 Å². The number of hydrogen-bond acceptors (Lipinski definition) is 9. The van der Waals surface area contributed by atoms with E-state index in [1.165, 1.54) is 44.1 Å². The third-order valence-corrected chi connectivity index (χ3v) is 7.02. The molecule has 4 rings (SSSR count). The number of carbonyl (C=O) groups is 3. The van der Waals surface area contributed by atoms with Gasteiger partial charge in [0.2, 0.25) is 5.78 Å². The second kappa shape index (κ2) is 18.5. The molecule has 7 N–H and O–H groups in total. The van der Waals surface area contributed by atoms with E-state index in [0.717, 1.165) is 0 Å². The van der Waals surface area contributed by atoms with Gasteiger partial charge in [0.1, 0.15) is 22.8 Å². The molecule has 10 nitrogen and oxygen atoms in total. The Bertz CT molecular complexity index is 1150. The summed E-state index contributed by atoms with van der Waals surface area (Å²) in [6, 6.07) is 3.02. The maximum absolute atomic E-state index is 13.7. The Morgan fingerprint density at radius 3 is 1.77 bits per heavy atom. The van der Waals surface area contributed by atoms with Crippen LogP contribution in [0.1, 0.15) is 106 Å². The molecule has 43 heavy (non-hydrogen) atoms. The molecule has 0 aromatic heterocycles. The molecule has 3 aliphatic rings. The van der Waals surface area contributed by atoms with Crippen molar-refractivity contribution in [1.29, 1.82) is 0 Å². The predicted octanol–water partition coefficient (Wildman–Crippen LogP) is 6.63. The van der Waals surface area contributed by atoms with Gasteiger partial charge in [0, 0.05) is 17.4 Å². The smallest absolute Gasteiger partial charge is 0.255 e. The minimum absolute atomic E-state index is 0. The van der Waals surface area contributed by atoms with E-state index in [1.807, 2.05) is 0 Å². The fourth-order valence-electron chi connectivity index (χ4n) is 5.50. The Balaban J connectivity index is -0.000000186. The van der Waals surface area contributed by atoms with Crippen LogP contribution >= 0.6 is 0 Å². The molecule has 0 spiro atoms. The summed E-state index contributed by atoms with van der Waals surface area (Å²) in [6.07, 6.45) is -0.200. The summed E-state index contributed by atoms with van der Waals surface area (Å²) >= 11 is 0. The molecule has 1 amide bonds. The van der Waals surface area contributed by atoms with Gasteiger partial charge in [-0.1, -0.05) is 93.8 Å². The van der Waals surface area contributed by atoms with E-state index in [2.05, 4.69) is 0 Å². The monoisotopic (exact) mass is 620 g/mol. The Morgan fingerprint density at radius 2 is 1.35 bits per heavy atom. The number of ketones is 2. The molecule has 1 aromatic carbocycles. The molecule has 0 bridgehead atoms. The van der Waals surface area contributed by atoms with Crippen molar-refractivity contribution in [2.24, 2.45) is 17.6 Å². The summed E-state index contributed by atoms with van der Waals surface area (Å²) in [5.74, 6) is -7.90. The molecule has 0 radical (unpaired) electrons. The molecule has 1 fully saturated rings.